The van der Waals surface area contributed by atoms with Crippen LogP contribution >= 0.6 is 11.3 Å². The lowest BCUT2D eigenvalue weighted by Crippen LogP contribution is -2.40. The molecule has 2 aromatic carbocycles. The highest BCUT2D eigenvalue weighted by Crippen LogP contribution is 2.25. The van der Waals surface area contributed by atoms with Crippen LogP contribution in [0.5, 0.6) is 0 Å². The standard InChI is InChI=1S/C23H24N2O5S2/c1-2-17-6-8-19(9-7-17)22-24-21(16-31-22)23(26)30-15-18-4-3-5-20(14-18)32(27,28)25-10-12-29-13-11-25/h3-9,14,16H,2,10-13,15H2,1H3. The fraction of sp³-hybridized carbons (Fsp3) is 0.304. The number of carbonyl (C=O) groups is 1. The quantitative estimate of drug-likeness (QED) is 0.487. The van der Waals surface area contributed by atoms with Crippen LogP contribution in [0.3, 0.4) is 0 Å². The van der Waals surface area contributed by atoms with Gasteiger partial charge in [0.2, 0.25) is 10.0 Å². The minimum atomic E-state index is -3.61. The summed E-state index contributed by atoms with van der Waals surface area (Å²) >= 11 is 1.38. The van der Waals surface area contributed by atoms with Gasteiger partial charge in [0.15, 0.2) is 5.69 Å². The number of sulfonamides is 1. The van der Waals surface area contributed by atoms with Crippen LogP contribution in [0.15, 0.2) is 58.8 Å². The Morgan fingerprint density at radius 3 is 2.59 bits per heavy atom. The number of hydrogen-bond donors (Lipinski definition) is 0. The van der Waals surface area contributed by atoms with Crippen LogP contribution in [0.4, 0.5) is 0 Å². The van der Waals surface area contributed by atoms with E-state index in [9.17, 15) is 13.2 Å². The van der Waals surface area contributed by atoms with Crippen molar-refractivity contribution >= 4 is 27.3 Å². The van der Waals surface area contributed by atoms with Gasteiger partial charge >= 0.3 is 5.97 Å². The summed E-state index contributed by atoms with van der Waals surface area (Å²) in [5, 5.41) is 2.42. The van der Waals surface area contributed by atoms with Crippen LogP contribution in [0.2, 0.25) is 0 Å². The topological polar surface area (TPSA) is 85.8 Å². The Hall–Kier alpha value is -2.59. The molecule has 1 aliphatic rings. The average Bonchev–Trinajstić information content (AvgIpc) is 3.34. The molecule has 0 N–H and O–H groups in total. The van der Waals surface area contributed by atoms with Gasteiger partial charge in [-0.1, -0.05) is 43.3 Å². The van der Waals surface area contributed by atoms with Crippen molar-refractivity contribution in [1.82, 2.24) is 9.29 Å². The third-order valence-corrected chi connectivity index (χ3v) is 7.98. The Balaban J connectivity index is 1.41. The number of morpholine rings is 1. The maximum absolute atomic E-state index is 12.8. The van der Waals surface area contributed by atoms with Crippen LogP contribution in [0.1, 0.15) is 28.5 Å². The molecule has 0 spiro atoms. The number of rotatable bonds is 7. The number of carbonyl (C=O) groups excluding carboxylic acids is 1. The van der Waals surface area contributed by atoms with Gasteiger partial charge in [0.25, 0.3) is 0 Å². The molecule has 0 saturated carbocycles. The van der Waals surface area contributed by atoms with E-state index in [1.807, 2.05) is 24.3 Å². The van der Waals surface area contributed by atoms with Crippen LogP contribution in [-0.4, -0.2) is 50.0 Å². The lowest BCUT2D eigenvalue weighted by molar-refractivity contribution is 0.0466. The van der Waals surface area contributed by atoms with Gasteiger partial charge in [0.1, 0.15) is 11.6 Å². The summed E-state index contributed by atoms with van der Waals surface area (Å²) in [5.41, 5.74) is 3.02. The molecule has 3 aromatic rings. The molecule has 1 fully saturated rings. The fourth-order valence-electron chi connectivity index (χ4n) is 3.34. The summed E-state index contributed by atoms with van der Waals surface area (Å²) in [7, 11) is -3.61. The summed E-state index contributed by atoms with van der Waals surface area (Å²) in [4.78, 5) is 17.0. The van der Waals surface area contributed by atoms with Gasteiger partial charge < -0.3 is 9.47 Å². The molecule has 0 aliphatic carbocycles. The predicted octanol–water partition coefficient (Wildman–Crippen LogP) is 3.75. The molecule has 0 amide bonds. The summed E-state index contributed by atoms with van der Waals surface area (Å²) < 4.78 is 37.7. The largest absolute Gasteiger partial charge is 0.456 e. The number of aromatic nitrogens is 1. The van der Waals surface area contributed by atoms with Crippen molar-refractivity contribution in [3.05, 3.63) is 70.7 Å². The zero-order valence-electron chi connectivity index (χ0n) is 17.7. The van der Waals surface area contributed by atoms with E-state index >= 15 is 0 Å². The molecular formula is C23H24N2O5S2. The maximum atomic E-state index is 12.8. The second kappa shape index (κ2) is 9.91. The van der Waals surface area contributed by atoms with Crippen LogP contribution < -0.4 is 0 Å². The second-order valence-electron chi connectivity index (χ2n) is 7.33. The first-order valence-corrected chi connectivity index (χ1v) is 12.7. The van der Waals surface area contributed by atoms with Crippen LogP contribution in [0, 0.1) is 0 Å². The van der Waals surface area contributed by atoms with Crippen molar-refractivity contribution in [3.8, 4) is 10.6 Å². The SMILES string of the molecule is CCc1ccc(-c2nc(C(=O)OCc3cccc(S(=O)(=O)N4CCOCC4)c3)cs2)cc1. The highest BCUT2D eigenvalue weighted by Gasteiger charge is 2.26. The minimum absolute atomic E-state index is 0.0383. The highest BCUT2D eigenvalue weighted by molar-refractivity contribution is 7.89. The summed E-state index contributed by atoms with van der Waals surface area (Å²) in [6, 6.07) is 14.6. The molecule has 0 unspecified atom stereocenters. The normalized spacial score (nSPS) is 14.9. The van der Waals surface area contributed by atoms with Crippen molar-refractivity contribution in [1.29, 1.82) is 0 Å². The number of ether oxygens (including phenoxy) is 2. The molecule has 7 nitrogen and oxygen atoms in total. The first-order chi connectivity index (χ1) is 15.5. The Morgan fingerprint density at radius 2 is 1.88 bits per heavy atom. The van der Waals surface area contributed by atoms with Crippen molar-refractivity contribution in [3.63, 3.8) is 0 Å². The molecular weight excluding hydrogens is 448 g/mol. The van der Waals surface area contributed by atoms with Gasteiger partial charge in [-0.2, -0.15) is 4.31 Å². The van der Waals surface area contributed by atoms with E-state index in [1.165, 1.54) is 21.2 Å². The monoisotopic (exact) mass is 472 g/mol. The average molecular weight is 473 g/mol. The summed E-state index contributed by atoms with van der Waals surface area (Å²) in [6.45, 7) is 3.48. The zero-order chi connectivity index (χ0) is 22.6. The third-order valence-electron chi connectivity index (χ3n) is 5.20. The number of aryl methyl sites for hydroxylation is 1. The Labute approximate surface area is 191 Å². The second-order valence-corrected chi connectivity index (χ2v) is 10.1. The van der Waals surface area contributed by atoms with Gasteiger partial charge in [-0.05, 0) is 29.7 Å². The Kier molecular flexibility index (Phi) is 7.00. The number of esters is 1. The van der Waals surface area contributed by atoms with Gasteiger partial charge in [0, 0.05) is 24.0 Å². The van der Waals surface area contributed by atoms with E-state index in [0.29, 0.717) is 31.9 Å². The number of thiazole rings is 1. The van der Waals surface area contributed by atoms with Gasteiger partial charge in [0.05, 0.1) is 18.1 Å². The van der Waals surface area contributed by atoms with E-state index in [4.69, 9.17) is 9.47 Å². The van der Waals surface area contributed by atoms with E-state index in [0.717, 1.165) is 17.0 Å². The number of benzene rings is 2. The van der Waals surface area contributed by atoms with Gasteiger partial charge in [-0.15, -0.1) is 11.3 Å². The molecule has 0 atom stereocenters. The molecule has 9 heteroatoms. The van der Waals surface area contributed by atoms with Crippen molar-refractivity contribution in [2.45, 2.75) is 24.8 Å². The van der Waals surface area contributed by atoms with Gasteiger partial charge in [-0.25, -0.2) is 18.2 Å². The zero-order valence-corrected chi connectivity index (χ0v) is 19.3. The molecule has 4 rings (SSSR count). The van der Waals surface area contributed by atoms with E-state index < -0.39 is 16.0 Å². The van der Waals surface area contributed by atoms with E-state index in [1.54, 1.807) is 29.6 Å². The molecule has 1 saturated heterocycles. The van der Waals surface area contributed by atoms with E-state index in [-0.39, 0.29) is 17.2 Å². The minimum Gasteiger partial charge on any atom is -0.456 e. The molecule has 1 aliphatic heterocycles. The van der Waals surface area contributed by atoms with E-state index in [2.05, 4.69) is 11.9 Å². The summed E-state index contributed by atoms with van der Waals surface area (Å²) in [6.07, 6.45) is 0.963. The molecule has 168 valence electrons. The van der Waals surface area contributed by atoms with Gasteiger partial charge in [-0.3, -0.25) is 0 Å². The Morgan fingerprint density at radius 1 is 1.12 bits per heavy atom. The van der Waals surface area contributed by atoms with Crippen molar-refractivity contribution in [2.75, 3.05) is 26.3 Å². The molecule has 2 heterocycles. The number of hydrogen-bond acceptors (Lipinski definition) is 7. The highest BCUT2D eigenvalue weighted by atomic mass is 32.2. The first kappa shape index (κ1) is 22.6. The molecule has 32 heavy (non-hydrogen) atoms. The lowest BCUT2D eigenvalue weighted by Gasteiger charge is -2.26. The molecule has 0 bridgehead atoms. The predicted molar refractivity (Wildman–Crippen MR) is 122 cm³/mol. The number of nitrogens with zero attached hydrogens (tertiary/aromatic N) is 2. The van der Waals surface area contributed by atoms with Crippen molar-refractivity contribution < 1.29 is 22.7 Å². The maximum Gasteiger partial charge on any atom is 0.358 e. The fourth-order valence-corrected chi connectivity index (χ4v) is 5.61. The molecule has 0 radical (unpaired) electrons. The van der Waals surface area contributed by atoms with Crippen LogP contribution in [0.25, 0.3) is 10.6 Å². The lowest BCUT2D eigenvalue weighted by atomic mass is 10.1. The Bertz CT molecular complexity index is 1180. The smallest absolute Gasteiger partial charge is 0.358 e. The third kappa shape index (κ3) is 5.07. The van der Waals surface area contributed by atoms with Crippen molar-refractivity contribution in [2.24, 2.45) is 0 Å². The first-order valence-electron chi connectivity index (χ1n) is 10.4. The summed E-state index contributed by atoms with van der Waals surface area (Å²) in [5.74, 6) is -0.542. The molecule has 1 aromatic heterocycles. The van der Waals surface area contributed by atoms with Crippen LogP contribution in [-0.2, 0) is 32.5 Å².